The SMILES string of the molecule is CC(CO)C(C)NC(=O)C1CC1. The second-order valence-corrected chi connectivity index (χ2v) is 3.73. The lowest BCUT2D eigenvalue weighted by Gasteiger charge is -2.18. The van der Waals surface area contributed by atoms with Gasteiger partial charge in [-0.2, -0.15) is 0 Å². The zero-order valence-electron chi connectivity index (χ0n) is 7.71. The predicted molar refractivity (Wildman–Crippen MR) is 46.6 cm³/mol. The Morgan fingerprint density at radius 3 is 2.58 bits per heavy atom. The van der Waals surface area contributed by atoms with Gasteiger partial charge in [-0.15, -0.1) is 0 Å². The van der Waals surface area contributed by atoms with Crippen LogP contribution in [0.5, 0.6) is 0 Å². The van der Waals surface area contributed by atoms with Gasteiger partial charge < -0.3 is 10.4 Å². The number of aliphatic hydroxyl groups is 1. The first-order valence-electron chi connectivity index (χ1n) is 4.56. The minimum absolute atomic E-state index is 0.0862. The average molecular weight is 171 g/mol. The van der Waals surface area contributed by atoms with E-state index >= 15 is 0 Å². The van der Waals surface area contributed by atoms with Crippen molar-refractivity contribution in [2.75, 3.05) is 6.61 Å². The number of rotatable bonds is 4. The van der Waals surface area contributed by atoms with Crippen LogP contribution < -0.4 is 5.32 Å². The second kappa shape index (κ2) is 3.90. The highest BCUT2D eigenvalue weighted by molar-refractivity contribution is 5.81. The zero-order valence-corrected chi connectivity index (χ0v) is 7.71. The van der Waals surface area contributed by atoms with Gasteiger partial charge in [0.25, 0.3) is 0 Å². The lowest BCUT2D eigenvalue weighted by molar-refractivity contribution is -0.123. The molecule has 3 nitrogen and oxygen atoms in total. The third kappa shape index (κ3) is 2.48. The molecule has 2 unspecified atom stereocenters. The van der Waals surface area contributed by atoms with Crippen LogP contribution in [0.4, 0.5) is 0 Å². The number of carbonyl (C=O) groups excluding carboxylic acids is 1. The van der Waals surface area contributed by atoms with Crippen molar-refractivity contribution in [3.8, 4) is 0 Å². The summed E-state index contributed by atoms with van der Waals surface area (Å²) in [6, 6.07) is 0.0862. The van der Waals surface area contributed by atoms with Gasteiger partial charge in [0.1, 0.15) is 0 Å². The Hall–Kier alpha value is -0.570. The first-order valence-corrected chi connectivity index (χ1v) is 4.56. The predicted octanol–water partition coefficient (Wildman–Crippen LogP) is 0.529. The van der Waals surface area contributed by atoms with Crippen molar-refractivity contribution in [2.24, 2.45) is 11.8 Å². The Balaban J connectivity index is 2.24. The lowest BCUT2D eigenvalue weighted by atomic mass is 10.1. The highest BCUT2D eigenvalue weighted by Crippen LogP contribution is 2.29. The van der Waals surface area contributed by atoms with Crippen molar-refractivity contribution in [3.63, 3.8) is 0 Å². The van der Waals surface area contributed by atoms with E-state index in [2.05, 4.69) is 5.32 Å². The molecule has 1 fully saturated rings. The van der Waals surface area contributed by atoms with Crippen molar-refractivity contribution in [1.29, 1.82) is 0 Å². The van der Waals surface area contributed by atoms with Crippen LogP contribution in [0.25, 0.3) is 0 Å². The molecule has 2 atom stereocenters. The summed E-state index contributed by atoms with van der Waals surface area (Å²) < 4.78 is 0. The number of nitrogens with one attached hydrogen (secondary N) is 1. The molecule has 2 N–H and O–H groups in total. The van der Waals surface area contributed by atoms with Gasteiger partial charge in [0, 0.05) is 18.6 Å². The van der Waals surface area contributed by atoms with Crippen molar-refractivity contribution < 1.29 is 9.90 Å². The largest absolute Gasteiger partial charge is 0.396 e. The first kappa shape index (κ1) is 9.52. The molecule has 1 aliphatic carbocycles. The van der Waals surface area contributed by atoms with Gasteiger partial charge in [0.05, 0.1) is 0 Å². The van der Waals surface area contributed by atoms with E-state index < -0.39 is 0 Å². The molecule has 70 valence electrons. The average Bonchev–Trinajstić information content (AvgIpc) is 2.84. The first-order chi connectivity index (χ1) is 5.65. The fourth-order valence-electron chi connectivity index (χ4n) is 0.988. The van der Waals surface area contributed by atoms with Crippen molar-refractivity contribution in [3.05, 3.63) is 0 Å². The number of hydrogen-bond acceptors (Lipinski definition) is 2. The molecule has 0 spiro atoms. The molecule has 1 rings (SSSR count). The second-order valence-electron chi connectivity index (χ2n) is 3.73. The van der Waals surface area contributed by atoms with Crippen molar-refractivity contribution >= 4 is 5.91 Å². The molecule has 0 aliphatic heterocycles. The standard InChI is InChI=1S/C9H17NO2/c1-6(5-11)7(2)10-9(12)8-3-4-8/h6-8,11H,3-5H2,1-2H3,(H,10,12). The molecular weight excluding hydrogens is 154 g/mol. The van der Waals surface area contributed by atoms with Gasteiger partial charge >= 0.3 is 0 Å². The van der Waals surface area contributed by atoms with Crippen LogP contribution in [0, 0.1) is 11.8 Å². The van der Waals surface area contributed by atoms with Gasteiger partial charge in [-0.25, -0.2) is 0 Å². The minimum Gasteiger partial charge on any atom is -0.396 e. The van der Waals surface area contributed by atoms with Gasteiger partial charge in [0.15, 0.2) is 0 Å². The summed E-state index contributed by atoms with van der Waals surface area (Å²) in [7, 11) is 0. The summed E-state index contributed by atoms with van der Waals surface area (Å²) in [6.07, 6.45) is 2.07. The molecule has 0 aromatic heterocycles. The summed E-state index contributed by atoms with van der Waals surface area (Å²) >= 11 is 0. The van der Waals surface area contributed by atoms with Crippen LogP contribution >= 0.6 is 0 Å². The quantitative estimate of drug-likeness (QED) is 0.648. The van der Waals surface area contributed by atoms with Crippen LogP contribution in [0.15, 0.2) is 0 Å². The number of aliphatic hydroxyl groups excluding tert-OH is 1. The third-order valence-corrected chi connectivity index (χ3v) is 2.46. The van der Waals surface area contributed by atoms with Crippen LogP contribution in [0.1, 0.15) is 26.7 Å². The van der Waals surface area contributed by atoms with Gasteiger partial charge in [-0.05, 0) is 25.7 Å². The lowest BCUT2D eigenvalue weighted by Crippen LogP contribution is -2.39. The van der Waals surface area contributed by atoms with Gasteiger partial charge in [-0.3, -0.25) is 4.79 Å². The monoisotopic (exact) mass is 171 g/mol. The fourth-order valence-corrected chi connectivity index (χ4v) is 0.988. The highest BCUT2D eigenvalue weighted by Gasteiger charge is 2.30. The molecular formula is C9H17NO2. The molecule has 3 heteroatoms. The molecule has 0 saturated heterocycles. The summed E-state index contributed by atoms with van der Waals surface area (Å²) in [5, 5.41) is 11.7. The molecule has 12 heavy (non-hydrogen) atoms. The van der Waals surface area contributed by atoms with Gasteiger partial charge in [0.2, 0.25) is 5.91 Å². The minimum atomic E-state index is 0.0862. The van der Waals surface area contributed by atoms with Crippen molar-refractivity contribution in [2.45, 2.75) is 32.7 Å². The number of hydrogen-bond donors (Lipinski definition) is 2. The maximum Gasteiger partial charge on any atom is 0.223 e. The van der Waals surface area contributed by atoms with E-state index in [9.17, 15) is 4.79 Å². The Kier molecular flexibility index (Phi) is 3.09. The number of carbonyl (C=O) groups is 1. The molecule has 1 amide bonds. The van der Waals surface area contributed by atoms with Crippen LogP contribution in [0.2, 0.25) is 0 Å². The Morgan fingerprint density at radius 1 is 1.58 bits per heavy atom. The van der Waals surface area contributed by atoms with E-state index in [1.807, 2.05) is 13.8 Å². The maximum atomic E-state index is 11.2. The highest BCUT2D eigenvalue weighted by atomic mass is 16.3. The third-order valence-electron chi connectivity index (χ3n) is 2.46. The fraction of sp³-hybridized carbons (Fsp3) is 0.889. The van der Waals surface area contributed by atoms with E-state index in [1.54, 1.807) is 0 Å². The van der Waals surface area contributed by atoms with E-state index in [0.717, 1.165) is 12.8 Å². The molecule has 0 radical (unpaired) electrons. The summed E-state index contributed by atoms with van der Waals surface area (Å²) in [6.45, 7) is 3.99. The molecule has 0 aromatic rings. The molecule has 1 saturated carbocycles. The summed E-state index contributed by atoms with van der Waals surface area (Å²) in [5.41, 5.74) is 0. The van der Waals surface area contributed by atoms with Crippen LogP contribution in [0.3, 0.4) is 0 Å². The maximum absolute atomic E-state index is 11.2. The number of amides is 1. The van der Waals surface area contributed by atoms with E-state index in [1.165, 1.54) is 0 Å². The Morgan fingerprint density at radius 2 is 2.17 bits per heavy atom. The van der Waals surface area contributed by atoms with E-state index in [-0.39, 0.29) is 30.4 Å². The van der Waals surface area contributed by atoms with Crippen LogP contribution in [-0.4, -0.2) is 23.7 Å². The van der Waals surface area contributed by atoms with Crippen LogP contribution in [-0.2, 0) is 4.79 Å². The molecule has 0 bridgehead atoms. The Bertz CT molecular complexity index is 166. The van der Waals surface area contributed by atoms with E-state index in [0.29, 0.717) is 0 Å². The molecule has 1 aliphatic rings. The van der Waals surface area contributed by atoms with Gasteiger partial charge in [-0.1, -0.05) is 6.92 Å². The summed E-state index contributed by atoms with van der Waals surface area (Å²) in [4.78, 5) is 11.2. The van der Waals surface area contributed by atoms with E-state index in [4.69, 9.17) is 5.11 Å². The molecule has 0 aromatic carbocycles. The summed E-state index contributed by atoms with van der Waals surface area (Å²) in [5.74, 6) is 0.564. The smallest absolute Gasteiger partial charge is 0.223 e. The topological polar surface area (TPSA) is 49.3 Å². The van der Waals surface area contributed by atoms with Crippen molar-refractivity contribution in [1.82, 2.24) is 5.32 Å². The zero-order chi connectivity index (χ0) is 9.14. The molecule has 0 heterocycles. The Labute approximate surface area is 73.2 Å². The normalized spacial score (nSPS) is 21.6.